The van der Waals surface area contributed by atoms with Crippen LogP contribution in [0.4, 0.5) is 8.78 Å². The Bertz CT molecular complexity index is 322. The Morgan fingerprint density at radius 2 is 1.75 bits per heavy atom. The molecule has 1 nitrogen and oxygen atoms in total. The molecule has 1 N–H and O–H groups in total. The van der Waals surface area contributed by atoms with Gasteiger partial charge in [-0.15, -0.1) is 0 Å². The monoisotopic (exact) mass is 291 g/mol. The van der Waals surface area contributed by atoms with Crippen LogP contribution in [0.3, 0.4) is 0 Å². The lowest BCUT2D eigenvalue weighted by Gasteiger charge is -2.15. The Hall–Kier alpha value is -0.480. The average molecular weight is 292 g/mol. The van der Waals surface area contributed by atoms with Gasteiger partial charge in [-0.3, -0.25) is 0 Å². The summed E-state index contributed by atoms with van der Waals surface area (Å²) in [6, 6.07) is 3.88. The van der Waals surface area contributed by atoms with Crippen molar-refractivity contribution in [2.45, 2.75) is 37.7 Å². The molecule has 0 fully saturated rings. The molecule has 16 heavy (non-hydrogen) atoms. The van der Waals surface area contributed by atoms with E-state index in [0.717, 1.165) is 12.5 Å². The number of rotatable bonds is 5. The molecule has 0 saturated carbocycles. The van der Waals surface area contributed by atoms with Gasteiger partial charge in [0.1, 0.15) is 11.6 Å². The van der Waals surface area contributed by atoms with Gasteiger partial charge >= 0.3 is 0 Å². The minimum absolute atomic E-state index is 0.306. The van der Waals surface area contributed by atoms with E-state index in [9.17, 15) is 8.78 Å². The summed E-state index contributed by atoms with van der Waals surface area (Å²) in [6.07, 6.45) is 0.970. The standard InChI is InChI=1S/C12H16BrF2N/c1-8(13)3-9(2)16-7-10-4-11(14)6-12(15)5-10/h4-6,8-9,16H,3,7H2,1-2H3. The molecule has 0 aliphatic heterocycles. The van der Waals surface area contributed by atoms with Crippen molar-refractivity contribution in [2.24, 2.45) is 0 Å². The van der Waals surface area contributed by atoms with Gasteiger partial charge < -0.3 is 5.32 Å². The van der Waals surface area contributed by atoms with E-state index in [2.05, 4.69) is 28.2 Å². The summed E-state index contributed by atoms with van der Waals surface area (Å²) in [6.45, 7) is 4.60. The zero-order valence-electron chi connectivity index (χ0n) is 9.43. The Balaban J connectivity index is 2.48. The minimum Gasteiger partial charge on any atom is -0.310 e. The van der Waals surface area contributed by atoms with Crippen LogP contribution in [-0.2, 0) is 6.54 Å². The summed E-state index contributed by atoms with van der Waals surface area (Å²) in [5, 5.41) is 3.22. The second-order valence-electron chi connectivity index (χ2n) is 4.08. The van der Waals surface area contributed by atoms with Crippen molar-refractivity contribution in [3.05, 3.63) is 35.4 Å². The summed E-state index contributed by atoms with van der Waals surface area (Å²) in [7, 11) is 0. The summed E-state index contributed by atoms with van der Waals surface area (Å²) in [5.74, 6) is -1.06. The first-order valence-corrected chi connectivity index (χ1v) is 6.21. The summed E-state index contributed by atoms with van der Waals surface area (Å²) in [4.78, 5) is 0.430. The molecule has 0 saturated heterocycles. The van der Waals surface area contributed by atoms with Gasteiger partial charge in [-0.2, -0.15) is 0 Å². The third-order valence-electron chi connectivity index (χ3n) is 2.26. The van der Waals surface area contributed by atoms with Crippen LogP contribution in [0.1, 0.15) is 25.8 Å². The molecule has 1 aromatic rings. The first-order valence-electron chi connectivity index (χ1n) is 5.30. The topological polar surface area (TPSA) is 12.0 Å². The maximum atomic E-state index is 12.9. The first kappa shape index (κ1) is 13.6. The lowest BCUT2D eigenvalue weighted by molar-refractivity contribution is 0.510. The lowest BCUT2D eigenvalue weighted by atomic mass is 10.1. The number of halogens is 3. The van der Waals surface area contributed by atoms with Crippen molar-refractivity contribution in [2.75, 3.05) is 0 Å². The van der Waals surface area contributed by atoms with Crippen LogP contribution < -0.4 is 5.32 Å². The van der Waals surface area contributed by atoms with Crippen LogP contribution in [-0.4, -0.2) is 10.9 Å². The molecule has 2 atom stereocenters. The fraction of sp³-hybridized carbons (Fsp3) is 0.500. The number of hydrogen-bond donors (Lipinski definition) is 1. The van der Waals surface area contributed by atoms with Crippen LogP contribution in [0.2, 0.25) is 0 Å². The van der Waals surface area contributed by atoms with Gasteiger partial charge in [0.2, 0.25) is 0 Å². The number of benzene rings is 1. The number of nitrogens with one attached hydrogen (secondary N) is 1. The zero-order chi connectivity index (χ0) is 12.1. The predicted molar refractivity (Wildman–Crippen MR) is 65.7 cm³/mol. The highest BCUT2D eigenvalue weighted by Crippen LogP contribution is 2.10. The van der Waals surface area contributed by atoms with Gasteiger partial charge in [0.05, 0.1) is 0 Å². The van der Waals surface area contributed by atoms with E-state index in [-0.39, 0.29) is 0 Å². The van der Waals surface area contributed by atoms with Crippen LogP contribution in [0.5, 0.6) is 0 Å². The Kier molecular flexibility index (Phi) is 5.35. The molecule has 0 aliphatic carbocycles. The lowest BCUT2D eigenvalue weighted by Crippen LogP contribution is -2.27. The second-order valence-corrected chi connectivity index (χ2v) is 5.64. The molecule has 1 aromatic carbocycles. The van der Waals surface area contributed by atoms with Crippen LogP contribution in [0, 0.1) is 11.6 Å². The minimum atomic E-state index is -0.529. The molecule has 0 radical (unpaired) electrons. The molecule has 0 aliphatic rings. The molecular weight excluding hydrogens is 276 g/mol. The van der Waals surface area contributed by atoms with Crippen molar-refractivity contribution in [3.63, 3.8) is 0 Å². The number of hydrogen-bond acceptors (Lipinski definition) is 1. The molecule has 90 valence electrons. The van der Waals surface area contributed by atoms with Crippen molar-refractivity contribution in [1.82, 2.24) is 5.32 Å². The van der Waals surface area contributed by atoms with Crippen LogP contribution in [0.15, 0.2) is 18.2 Å². The van der Waals surface area contributed by atoms with Gasteiger partial charge in [-0.1, -0.05) is 22.9 Å². The molecule has 0 heterocycles. The smallest absolute Gasteiger partial charge is 0.126 e. The third-order valence-corrected chi connectivity index (χ3v) is 2.63. The van der Waals surface area contributed by atoms with E-state index in [0.29, 0.717) is 23.0 Å². The van der Waals surface area contributed by atoms with Crippen molar-refractivity contribution in [3.8, 4) is 0 Å². The van der Waals surface area contributed by atoms with Crippen LogP contribution in [0.25, 0.3) is 0 Å². The highest BCUT2D eigenvalue weighted by Gasteiger charge is 2.06. The average Bonchev–Trinajstić information content (AvgIpc) is 2.12. The van der Waals surface area contributed by atoms with E-state index < -0.39 is 11.6 Å². The first-order chi connectivity index (χ1) is 7.47. The molecule has 0 bridgehead atoms. The van der Waals surface area contributed by atoms with Crippen molar-refractivity contribution >= 4 is 15.9 Å². The van der Waals surface area contributed by atoms with E-state index in [4.69, 9.17) is 0 Å². The maximum absolute atomic E-state index is 12.9. The van der Waals surface area contributed by atoms with Gasteiger partial charge in [0.25, 0.3) is 0 Å². The SMILES string of the molecule is CC(Br)CC(C)NCc1cc(F)cc(F)c1. The van der Waals surface area contributed by atoms with Gasteiger partial charge in [0, 0.05) is 23.5 Å². The van der Waals surface area contributed by atoms with E-state index in [1.807, 2.05) is 6.92 Å². The molecule has 2 unspecified atom stereocenters. The Morgan fingerprint density at radius 3 is 2.25 bits per heavy atom. The van der Waals surface area contributed by atoms with E-state index >= 15 is 0 Å². The Morgan fingerprint density at radius 1 is 1.19 bits per heavy atom. The summed E-state index contributed by atoms with van der Waals surface area (Å²) < 4.78 is 25.8. The summed E-state index contributed by atoms with van der Waals surface area (Å²) in [5.41, 5.74) is 0.631. The maximum Gasteiger partial charge on any atom is 0.126 e. The third kappa shape index (κ3) is 5.03. The van der Waals surface area contributed by atoms with Gasteiger partial charge in [-0.25, -0.2) is 8.78 Å². The molecule has 4 heteroatoms. The molecule has 1 rings (SSSR count). The largest absolute Gasteiger partial charge is 0.310 e. The molecular formula is C12H16BrF2N. The number of alkyl halides is 1. The summed E-state index contributed by atoms with van der Waals surface area (Å²) >= 11 is 3.46. The zero-order valence-corrected chi connectivity index (χ0v) is 11.0. The van der Waals surface area contributed by atoms with E-state index in [1.165, 1.54) is 12.1 Å². The molecule has 0 amide bonds. The van der Waals surface area contributed by atoms with Gasteiger partial charge in [-0.05, 0) is 31.0 Å². The highest BCUT2D eigenvalue weighted by molar-refractivity contribution is 9.09. The quantitative estimate of drug-likeness (QED) is 0.817. The molecule has 0 aromatic heterocycles. The highest BCUT2D eigenvalue weighted by atomic mass is 79.9. The fourth-order valence-corrected chi connectivity index (χ4v) is 2.14. The second kappa shape index (κ2) is 6.30. The predicted octanol–water partition coefficient (Wildman–Crippen LogP) is 3.62. The van der Waals surface area contributed by atoms with Gasteiger partial charge in [0.15, 0.2) is 0 Å². The van der Waals surface area contributed by atoms with Crippen molar-refractivity contribution in [1.29, 1.82) is 0 Å². The fourth-order valence-electron chi connectivity index (χ4n) is 1.58. The molecule has 0 spiro atoms. The van der Waals surface area contributed by atoms with Crippen molar-refractivity contribution < 1.29 is 8.78 Å². The Labute approximate surface area is 103 Å². The normalized spacial score (nSPS) is 14.8. The van der Waals surface area contributed by atoms with E-state index in [1.54, 1.807) is 0 Å². The van der Waals surface area contributed by atoms with Crippen LogP contribution >= 0.6 is 15.9 Å².